The molecule has 0 N–H and O–H groups in total. The van der Waals surface area contributed by atoms with E-state index in [4.69, 9.17) is 9.16 Å². The summed E-state index contributed by atoms with van der Waals surface area (Å²) in [6.45, 7) is 14.7. The Hall–Kier alpha value is -2.13. The molecule has 1 aromatic rings. The van der Waals surface area contributed by atoms with Gasteiger partial charge in [0.25, 0.3) is 0 Å². The van der Waals surface area contributed by atoms with Gasteiger partial charge in [-0.25, -0.2) is 9.69 Å². The van der Waals surface area contributed by atoms with Crippen molar-refractivity contribution in [2.24, 2.45) is 11.8 Å². The monoisotopic (exact) mass is 499 g/mol. The van der Waals surface area contributed by atoms with E-state index in [1.165, 1.54) is 13.0 Å². The van der Waals surface area contributed by atoms with Gasteiger partial charge in [0.2, 0.25) is 5.91 Å². The van der Waals surface area contributed by atoms with E-state index in [2.05, 4.69) is 6.58 Å². The van der Waals surface area contributed by atoms with Crippen LogP contribution in [0.25, 0.3) is 0 Å². The molecule has 1 saturated heterocycles. The highest BCUT2D eigenvalue weighted by Gasteiger charge is 2.54. The zero-order valence-corrected chi connectivity index (χ0v) is 21.8. The molecule has 0 spiro atoms. The number of hydrogen-bond donors (Lipinski definition) is 0. The van der Waals surface area contributed by atoms with Gasteiger partial charge in [0.1, 0.15) is 6.61 Å². The van der Waals surface area contributed by atoms with Gasteiger partial charge in [-0.05, 0) is 36.5 Å². The van der Waals surface area contributed by atoms with Gasteiger partial charge in [0, 0.05) is 0 Å². The molecule has 34 heavy (non-hydrogen) atoms. The second kappa shape index (κ2) is 10.6. The fourth-order valence-corrected chi connectivity index (χ4v) is 5.22. The van der Waals surface area contributed by atoms with Crippen LogP contribution >= 0.6 is 0 Å². The molecule has 0 aromatic heterocycles. The number of hydrogen-bond acceptors (Lipinski definition) is 4. The van der Waals surface area contributed by atoms with Crippen molar-refractivity contribution in [1.29, 1.82) is 0 Å². The van der Waals surface area contributed by atoms with Crippen LogP contribution in [0.4, 0.5) is 18.0 Å². The maximum absolute atomic E-state index is 14.2. The summed E-state index contributed by atoms with van der Waals surface area (Å²) in [7, 11) is -2.58. The van der Waals surface area contributed by atoms with E-state index in [0.29, 0.717) is 0 Å². The number of nitrogens with zero attached hydrogens (tertiary/aromatic N) is 1. The molecular weight excluding hydrogens is 463 g/mol. The van der Waals surface area contributed by atoms with Crippen molar-refractivity contribution in [1.82, 2.24) is 4.90 Å². The first-order valence-electron chi connectivity index (χ1n) is 11.5. The van der Waals surface area contributed by atoms with Crippen molar-refractivity contribution in [2.45, 2.75) is 77.0 Å². The van der Waals surface area contributed by atoms with Crippen LogP contribution in [0.2, 0.25) is 18.1 Å². The molecular formula is C25H36F3NO4Si. The molecule has 1 aliphatic rings. The van der Waals surface area contributed by atoms with Crippen LogP contribution in [0.3, 0.4) is 0 Å². The van der Waals surface area contributed by atoms with Crippen LogP contribution in [-0.4, -0.2) is 50.1 Å². The molecule has 0 saturated carbocycles. The van der Waals surface area contributed by atoms with Crippen molar-refractivity contribution in [3.8, 4) is 0 Å². The molecule has 1 aliphatic heterocycles. The van der Waals surface area contributed by atoms with Crippen LogP contribution in [0, 0.1) is 11.8 Å². The number of halogens is 3. The number of ether oxygens (including phenoxy) is 1. The number of rotatable bonds is 9. The third-order valence-electron chi connectivity index (χ3n) is 6.91. The van der Waals surface area contributed by atoms with E-state index < -0.39 is 50.5 Å². The van der Waals surface area contributed by atoms with Crippen molar-refractivity contribution in [3.05, 3.63) is 48.6 Å². The minimum absolute atomic E-state index is 0.0726. The number of benzene rings is 1. The van der Waals surface area contributed by atoms with E-state index in [1.54, 1.807) is 0 Å². The summed E-state index contributed by atoms with van der Waals surface area (Å²) in [5.74, 6) is -4.59. The van der Waals surface area contributed by atoms with Crippen LogP contribution in [0.1, 0.15) is 39.7 Å². The summed E-state index contributed by atoms with van der Waals surface area (Å²) >= 11 is 0. The fourth-order valence-electron chi connectivity index (χ4n) is 3.94. The normalized spacial score (nSPS) is 20.0. The van der Waals surface area contributed by atoms with Crippen LogP contribution < -0.4 is 0 Å². The third-order valence-corrected chi connectivity index (χ3v) is 11.4. The molecule has 0 unspecified atom stereocenters. The van der Waals surface area contributed by atoms with Crippen molar-refractivity contribution in [3.63, 3.8) is 0 Å². The van der Waals surface area contributed by atoms with Gasteiger partial charge in [0.15, 0.2) is 8.32 Å². The molecule has 9 heteroatoms. The first kappa shape index (κ1) is 28.1. The first-order chi connectivity index (χ1) is 15.6. The predicted molar refractivity (Wildman–Crippen MR) is 128 cm³/mol. The second-order valence-corrected chi connectivity index (χ2v) is 15.0. The number of alkyl halides is 3. The molecule has 0 bridgehead atoms. The standard InChI is InChI=1S/C25H36F3NO4Si/c1-8-19(25(26,27)28)21(20(9-2)33-34(6,7)24(3,4)5)22(30)29-18(16-32-23(29)31)15-17-13-11-10-12-14-17/h9-14,18-21H,2,8,15-16H2,1,3-7H3/t18-,19+,20+,21-/m0/s1. The lowest BCUT2D eigenvalue weighted by atomic mass is 9.83. The molecule has 2 rings (SSSR count). The Morgan fingerprint density at radius 1 is 1.26 bits per heavy atom. The largest absolute Gasteiger partial charge is 0.447 e. The maximum atomic E-state index is 14.2. The van der Waals surface area contributed by atoms with Crippen LogP contribution in [0.5, 0.6) is 0 Å². The van der Waals surface area contributed by atoms with Crippen molar-refractivity contribution >= 4 is 20.3 Å². The lowest BCUT2D eigenvalue weighted by Crippen LogP contribution is -2.54. The quantitative estimate of drug-likeness (QED) is 0.293. The number of amides is 2. The Bertz CT molecular complexity index is 867. The fraction of sp³-hybridized carbons (Fsp3) is 0.600. The Kier molecular flexibility index (Phi) is 8.80. The molecule has 0 radical (unpaired) electrons. The molecule has 4 atom stereocenters. The smallest absolute Gasteiger partial charge is 0.416 e. The molecule has 0 aliphatic carbocycles. The lowest BCUT2D eigenvalue weighted by Gasteiger charge is -2.42. The topological polar surface area (TPSA) is 55.8 Å². The molecule has 1 aromatic carbocycles. The van der Waals surface area contributed by atoms with Gasteiger partial charge >= 0.3 is 12.3 Å². The molecule has 1 heterocycles. The average molecular weight is 500 g/mol. The summed E-state index contributed by atoms with van der Waals surface area (Å²) in [6, 6.07) is 8.44. The Labute approximate surface area is 201 Å². The maximum Gasteiger partial charge on any atom is 0.416 e. The minimum Gasteiger partial charge on any atom is -0.447 e. The first-order valence-corrected chi connectivity index (χ1v) is 14.5. The van der Waals surface area contributed by atoms with E-state index in [0.717, 1.165) is 10.5 Å². The lowest BCUT2D eigenvalue weighted by molar-refractivity contribution is -0.200. The molecule has 190 valence electrons. The van der Waals surface area contributed by atoms with E-state index in [-0.39, 0.29) is 24.5 Å². The van der Waals surface area contributed by atoms with Crippen LogP contribution in [0.15, 0.2) is 43.0 Å². The van der Waals surface area contributed by atoms with Crippen LogP contribution in [-0.2, 0) is 20.4 Å². The number of carbonyl (C=O) groups is 2. The average Bonchev–Trinajstić information content (AvgIpc) is 3.08. The molecule has 5 nitrogen and oxygen atoms in total. The minimum atomic E-state index is -4.66. The Morgan fingerprint density at radius 3 is 2.32 bits per heavy atom. The van der Waals surface area contributed by atoms with Gasteiger partial charge < -0.3 is 9.16 Å². The molecule has 2 amide bonds. The van der Waals surface area contributed by atoms with Gasteiger partial charge in [0.05, 0.1) is 24.0 Å². The third kappa shape index (κ3) is 6.30. The summed E-state index contributed by atoms with van der Waals surface area (Å²) in [4.78, 5) is 27.2. The van der Waals surface area contributed by atoms with E-state index in [1.807, 2.05) is 64.2 Å². The summed E-state index contributed by atoms with van der Waals surface area (Å²) in [5.41, 5.74) is 0.848. The highest BCUT2D eigenvalue weighted by atomic mass is 28.4. The van der Waals surface area contributed by atoms with E-state index >= 15 is 0 Å². The summed E-state index contributed by atoms with van der Waals surface area (Å²) in [5, 5.41) is -0.301. The highest BCUT2D eigenvalue weighted by molar-refractivity contribution is 6.74. The number of carbonyl (C=O) groups excluding carboxylic acids is 2. The second-order valence-electron chi connectivity index (χ2n) is 10.3. The number of cyclic esters (lactones) is 1. The molecule has 1 fully saturated rings. The number of imide groups is 1. The predicted octanol–water partition coefficient (Wildman–Crippen LogP) is 6.36. The zero-order valence-electron chi connectivity index (χ0n) is 20.8. The van der Waals surface area contributed by atoms with E-state index in [9.17, 15) is 22.8 Å². The van der Waals surface area contributed by atoms with Crippen molar-refractivity contribution < 1.29 is 31.9 Å². The summed E-state index contributed by atoms with van der Waals surface area (Å²) in [6.07, 6.45) is -5.57. The van der Waals surface area contributed by atoms with Gasteiger partial charge in [-0.3, -0.25) is 4.79 Å². The Morgan fingerprint density at radius 2 is 1.85 bits per heavy atom. The van der Waals surface area contributed by atoms with Gasteiger partial charge in [-0.2, -0.15) is 13.2 Å². The summed E-state index contributed by atoms with van der Waals surface area (Å²) < 4.78 is 53.9. The highest BCUT2D eigenvalue weighted by Crippen LogP contribution is 2.43. The SMILES string of the molecule is C=C[C@@H](O[Si](C)(C)C(C)(C)C)[C@@H](C(=O)N1C(=O)OC[C@@H]1Cc1ccccc1)[C@@H](CC)C(F)(F)F. The van der Waals surface area contributed by atoms with Gasteiger partial charge in [-0.1, -0.05) is 64.1 Å². The van der Waals surface area contributed by atoms with Gasteiger partial charge in [-0.15, -0.1) is 6.58 Å². The van der Waals surface area contributed by atoms with Crippen molar-refractivity contribution in [2.75, 3.05) is 6.61 Å². The zero-order chi connectivity index (χ0) is 25.9. The Balaban J connectivity index is 2.49.